The average Bonchev–Trinajstić information content (AvgIpc) is 2.54. The van der Waals surface area contributed by atoms with E-state index in [9.17, 15) is 9.59 Å². The van der Waals surface area contributed by atoms with Crippen LogP contribution in [0.1, 0.15) is 30.6 Å². The molecule has 0 aliphatic rings. The number of carbonyl (C=O) groups is 2. The van der Waals surface area contributed by atoms with Crippen LogP contribution in [0.2, 0.25) is 0 Å². The van der Waals surface area contributed by atoms with Crippen LogP contribution in [-0.4, -0.2) is 22.8 Å². The van der Waals surface area contributed by atoms with Crippen molar-refractivity contribution < 1.29 is 9.59 Å². The van der Waals surface area contributed by atoms with E-state index in [1.807, 2.05) is 19.9 Å². The second kappa shape index (κ2) is 7.59. The monoisotopic (exact) mass is 326 g/mol. The van der Waals surface area contributed by atoms with E-state index in [-0.39, 0.29) is 11.8 Å². The molecule has 0 unspecified atom stereocenters. The Hall–Kier alpha value is -2.89. The molecule has 5 N–H and O–H groups in total. The van der Waals surface area contributed by atoms with Gasteiger partial charge in [-0.05, 0) is 36.1 Å². The molecule has 0 aliphatic heterocycles. The minimum absolute atomic E-state index is 0.241. The number of nitrogens with zero attached hydrogens (tertiary/aromatic N) is 1. The van der Waals surface area contributed by atoms with Crippen LogP contribution in [0.25, 0.3) is 11.1 Å². The van der Waals surface area contributed by atoms with Gasteiger partial charge in [-0.25, -0.2) is 0 Å². The van der Waals surface area contributed by atoms with E-state index in [0.29, 0.717) is 17.7 Å². The summed E-state index contributed by atoms with van der Waals surface area (Å²) in [4.78, 5) is 27.9. The normalized spacial score (nSPS) is 12.0. The Morgan fingerprint density at radius 2 is 2.00 bits per heavy atom. The summed E-state index contributed by atoms with van der Waals surface area (Å²) in [5.41, 5.74) is 13.9. The SMILES string of the molecule is CC(C)C[C@H](NC(=O)c1cccc(-c2ccncc2N)c1)C(N)=O. The molecule has 0 bridgehead atoms. The fraction of sp³-hybridized carbons (Fsp3) is 0.278. The number of carbonyl (C=O) groups excluding carboxylic acids is 2. The minimum atomic E-state index is -0.688. The smallest absolute Gasteiger partial charge is 0.251 e. The van der Waals surface area contributed by atoms with Crippen LogP contribution in [0.3, 0.4) is 0 Å². The number of primary amides is 1. The van der Waals surface area contributed by atoms with Gasteiger partial charge in [0.05, 0.1) is 11.9 Å². The third-order valence-corrected chi connectivity index (χ3v) is 3.64. The van der Waals surface area contributed by atoms with Crippen molar-refractivity contribution >= 4 is 17.5 Å². The summed E-state index contributed by atoms with van der Waals surface area (Å²) in [5, 5.41) is 2.70. The molecule has 0 radical (unpaired) electrons. The maximum atomic E-state index is 12.4. The zero-order valence-corrected chi connectivity index (χ0v) is 13.8. The Kier molecular flexibility index (Phi) is 5.52. The van der Waals surface area contributed by atoms with Gasteiger partial charge in [-0.2, -0.15) is 0 Å². The first kappa shape index (κ1) is 17.5. The Morgan fingerprint density at radius 3 is 2.62 bits per heavy atom. The van der Waals surface area contributed by atoms with Crippen LogP contribution < -0.4 is 16.8 Å². The van der Waals surface area contributed by atoms with Crippen molar-refractivity contribution in [2.45, 2.75) is 26.3 Å². The Morgan fingerprint density at radius 1 is 1.25 bits per heavy atom. The maximum absolute atomic E-state index is 12.4. The summed E-state index contributed by atoms with van der Waals surface area (Å²) in [6.07, 6.45) is 3.70. The number of anilines is 1. The van der Waals surface area contributed by atoms with Crippen LogP contribution in [0.15, 0.2) is 42.7 Å². The van der Waals surface area contributed by atoms with Gasteiger partial charge in [-0.15, -0.1) is 0 Å². The van der Waals surface area contributed by atoms with Gasteiger partial charge in [-0.1, -0.05) is 26.0 Å². The van der Waals surface area contributed by atoms with Gasteiger partial charge < -0.3 is 16.8 Å². The Bertz CT molecular complexity index is 743. The van der Waals surface area contributed by atoms with Gasteiger partial charge in [0.25, 0.3) is 5.91 Å². The molecular weight excluding hydrogens is 304 g/mol. The van der Waals surface area contributed by atoms with Gasteiger partial charge in [0.2, 0.25) is 5.91 Å². The number of pyridine rings is 1. The lowest BCUT2D eigenvalue weighted by Crippen LogP contribution is -2.45. The largest absolute Gasteiger partial charge is 0.397 e. The highest BCUT2D eigenvalue weighted by Crippen LogP contribution is 2.25. The number of nitrogens with two attached hydrogens (primary N) is 2. The van der Waals surface area contributed by atoms with E-state index in [1.54, 1.807) is 36.7 Å². The zero-order valence-electron chi connectivity index (χ0n) is 13.8. The average molecular weight is 326 g/mol. The van der Waals surface area contributed by atoms with Crippen molar-refractivity contribution in [3.63, 3.8) is 0 Å². The number of benzene rings is 1. The summed E-state index contributed by atoms with van der Waals surface area (Å²) < 4.78 is 0. The summed E-state index contributed by atoms with van der Waals surface area (Å²) in [5.74, 6) is -0.633. The molecule has 6 nitrogen and oxygen atoms in total. The predicted molar refractivity (Wildman–Crippen MR) is 94.0 cm³/mol. The standard InChI is InChI=1S/C18H22N4O2/c1-11(2)8-16(17(20)23)22-18(24)13-5-3-4-12(9-13)14-6-7-21-10-15(14)19/h3-7,9-11,16H,8,19H2,1-2H3,(H2,20,23)(H,22,24)/t16-/m0/s1. The van der Waals surface area contributed by atoms with Crippen molar-refractivity contribution in [2.24, 2.45) is 11.7 Å². The Balaban J connectivity index is 2.23. The Labute approximate surface area is 141 Å². The molecule has 0 saturated carbocycles. The number of rotatable bonds is 6. The van der Waals surface area contributed by atoms with Gasteiger partial charge in [-0.3, -0.25) is 14.6 Å². The number of aromatic nitrogens is 1. The molecule has 1 atom stereocenters. The summed E-state index contributed by atoms with van der Waals surface area (Å²) >= 11 is 0. The second-order valence-electron chi connectivity index (χ2n) is 6.10. The van der Waals surface area contributed by atoms with E-state index in [2.05, 4.69) is 10.3 Å². The maximum Gasteiger partial charge on any atom is 0.251 e. The summed E-state index contributed by atoms with van der Waals surface area (Å²) in [6.45, 7) is 3.93. The van der Waals surface area contributed by atoms with Crippen molar-refractivity contribution in [3.05, 3.63) is 48.3 Å². The molecule has 0 fully saturated rings. The van der Waals surface area contributed by atoms with Crippen LogP contribution >= 0.6 is 0 Å². The first-order valence-electron chi connectivity index (χ1n) is 7.78. The number of hydrogen-bond acceptors (Lipinski definition) is 4. The van der Waals surface area contributed by atoms with E-state index in [1.165, 1.54) is 0 Å². The molecule has 2 rings (SSSR count). The van der Waals surface area contributed by atoms with Gasteiger partial charge >= 0.3 is 0 Å². The molecule has 0 spiro atoms. The van der Waals surface area contributed by atoms with Crippen molar-refractivity contribution in [3.8, 4) is 11.1 Å². The quantitative estimate of drug-likeness (QED) is 0.753. The molecule has 6 heteroatoms. The number of hydrogen-bond donors (Lipinski definition) is 3. The van der Waals surface area contributed by atoms with E-state index in [0.717, 1.165) is 11.1 Å². The molecular formula is C18H22N4O2. The fourth-order valence-corrected chi connectivity index (χ4v) is 2.46. The number of nitrogen functional groups attached to an aromatic ring is 1. The molecule has 2 amide bonds. The van der Waals surface area contributed by atoms with Crippen LogP contribution in [-0.2, 0) is 4.79 Å². The predicted octanol–water partition coefficient (Wildman–Crippen LogP) is 1.96. The highest BCUT2D eigenvalue weighted by Gasteiger charge is 2.20. The van der Waals surface area contributed by atoms with Crippen molar-refractivity contribution in [1.82, 2.24) is 10.3 Å². The molecule has 1 aromatic carbocycles. The molecule has 0 aliphatic carbocycles. The third-order valence-electron chi connectivity index (χ3n) is 3.64. The van der Waals surface area contributed by atoms with Gasteiger partial charge in [0.1, 0.15) is 6.04 Å². The van der Waals surface area contributed by atoms with E-state index >= 15 is 0 Å². The lowest BCUT2D eigenvalue weighted by atomic mass is 10.0. The van der Waals surface area contributed by atoms with Crippen LogP contribution in [0.4, 0.5) is 5.69 Å². The van der Waals surface area contributed by atoms with E-state index in [4.69, 9.17) is 11.5 Å². The molecule has 1 aromatic heterocycles. The lowest BCUT2D eigenvalue weighted by molar-refractivity contribution is -0.120. The summed E-state index contributed by atoms with van der Waals surface area (Å²) in [7, 11) is 0. The molecule has 0 saturated heterocycles. The van der Waals surface area contributed by atoms with Crippen LogP contribution in [0.5, 0.6) is 0 Å². The van der Waals surface area contributed by atoms with Gasteiger partial charge in [0, 0.05) is 17.3 Å². The second-order valence-corrected chi connectivity index (χ2v) is 6.10. The van der Waals surface area contributed by atoms with Crippen LogP contribution in [0, 0.1) is 5.92 Å². The number of nitrogens with one attached hydrogen (secondary N) is 1. The molecule has 1 heterocycles. The first-order valence-corrected chi connectivity index (χ1v) is 7.78. The topological polar surface area (TPSA) is 111 Å². The lowest BCUT2D eigenvalue weighted by Gasteiger charge is -2.17. The highest BCUT2D eigenvalue weighted by atomic mass is 16.2. The molecule has 24 heavy (non-hydrogen) atoms. The fourth-order valence-electron chi connectivity index (χ4n) is 2.46. The molecule has 2 aromatic rings. The first-order chi connectivity index (χ1) is 11.4. The zero-order chi connectivity index (χ0) is 17.7. The highest BCUT2D eigenvalue weighted by molar-refractivity contribution is 5.98. The van der Waals surface area contributed by atoms with Crippen molar-refractivity contribution in [1.29, 1.82) is 0 Å². The van der Waals surface area contributed by atoms with E-state index < -0.39 is 11.9 Å². The van der Waals surface area contributed by atoms with Gasteiger partial charge in [0.15, 0.2) is 0 Å². The summed E-state index contributed by atoms with van der Waals surface area (Å²) in [6, 6.07) is 8.15. The third kappa shape index (κ3) is 4.32. The number of amides is 2. The minimum Gasteiger partial charge on any atom is -0.397 e. The molecule has 126 valence electrons. The van der Waals surface area contributed by atoms with Crippen molar-refractivity contribution in [2.75, 3.05) is 5.73 Å².